The molecule has 0 bridgehead atoms. The summed E-state index contributed by atoms with van der Waals surface area (Å²) in [6.45, 7) is 1.05. The van der Waals surface area contributed by atoms with Crippen molar-refractivity contribution in [2.45, 2.75) is 17.8 Å². The first-order valence-corrected chi connectivity index (χ1v) is 10.4. The maximum absolute atomic E-state index is 12.7. The van der Waals surface area contributed by atoms with E-state index in [2.05, 4.69) is 15.0 Å². The van der Waals surface area contributed by atoms with Crippen molar-refractivity contribution in [3.63, 3.8) is 0 Å². The Kier molecular flexibility index (Phi) is 4.65. The zero-order valence-corrected chi connectivity index (χ0v) is 15.5. The number of carbonyl (C=O) groups is 1. The number of hydrogen-bond acceptors (Lipinski definition) is 7. The van der Waals surface area contributed by atoms with E-state index < -0.39 is 14.6 Å². The van der Waals surface area contributed by atoms with Crippen LogP contribution in [0.5, 0.6) is 0 Å². The fourth-order valence-corrected chi connectivity index (χ4v) is 6.21. The van der Waals surface area contributed by atoms with Crippen molar-refractivity contribution in [2.24, 2.45) is 5.92 Å². The zero-order valence-electron chi connectivity index (χ0n) is 14.7. The Morgan fingerprint density at radius 3 is 2.78 bits per heavy atom. The molecule has 2 fully saturated rings. The zero-order chi connectivity index (χ0) is 18.9. The van der Waals surface area contributed by atoms with Crippen LogP contribution in [0.25, 0.3) is 0 Å². The minimum atomic E-state index is -3.27. The summed E-state index contributed by atoms with van der Waals surface area (Å²) in [4.78, 5) is 26.1. The van der Waals surface area contributed by atoms with Gasteiger partial charge in [-0.1, -0.05) is 6.07 Å². The number of likely N-dealkylation sites (tertiary alicyclic amines) is 1. The van der Waals surface area contributed by atoms with Gasteiger partial charge in [0.25, 0.3) is 5.91 Å². The molecule has 0 unspecified atom stereocenters. The summed E-state index contributed by atoms with van der Waals surface area (Å²) in [7, 11) is -3.27. The van der Waals surface area contributed by atoms with Crippen molar-refractivity contribution < 1.29 is 17.9 Å². The Labute approximate surface area is 157 Å². The van der Waals surface area contributed by atoms with Crippen LogP contribution in [-0.4, -0.2) is 64.4 Å². The molecule has 2 saturated heterocycles. The van der Waals surface area contributed by atoms with Gasteiger partial charge in [0.15, 0.2) is 9.84 Å². The molecule has 27 heavy (non-hydrogen) atoms. The molecule has 0 N–H and O–H groups in total. The van der Waals surface area contributed by atoms with E-state index in [1.165, 1.54) is 23.5 Å². The summed E-state index contributed by atoms with van der Waals surface area (Å²) in [5.41, 5.74) is 1.03. The molecule has 1 spiro atoms. The maximum Gasteiger partial charge on any atom is 0.274 e. The van der Waals surface area contributed by atoms with Gasteiger partial charge in [-0.3, -0.25) is 14.8 Å². The van der Waals surface area contributed by atoms with E-state index in [-0.39, 0.29) is 36.4 Å². The predicted octanol–water partition coefficient (Wildman–Crippen LogP) is 0.718. The standard InChI is InChI=1S/C18H20N4O4S/c23-17(16-9-19-6-7-21-16)22-12-18(13-22)14(4-8-27(18,24)25)10-26-11-15-3-1-2-5-20-15/h1-3,5-7,9,14H,4,8,10-13H2/t14-/m1/s1. The van der Waals surface area contributed by atoms with Crippen LogP contribution in [0.4, 0.5) is 0 Å². The van der Waals surface area contributed by atoms with Gasteiger partial charge in [0.1, 0.15) is 10.4 Å². The van der Waals surface area contributed by atoms with Crippen molar-refractivity contribution in [1.29, 1.82) is 0 Å². The summed E-state index contributed by atoms with van der Waals surface area (Å²) in [6, 6.07) is 5.58. The molecule has 0 saturated carbocycles. The fourth-order valence-electron chi connectivity index (χ4n) is 3.81. The first-order chi connectivity index (χ1) is 13.0. The number of aromatic nitrogens is 3. The normalized spacial score (nSPS) is 22.5. The lowest BCUT2D eigenvalue weighted by atomic mass is 9.83. The maximum atomic E-state index is 12.7. The highest BCUT2D eigenvalue weighted by molar-refractivity contribution is 7.93. The number of carbonyl (C=O) groups excluding carboxylic acids is 1. The minimum Gasteiger partial charge on any atom is -0.375 e. The van der Waals surface area contributed by atoms with Crippen LogP contribution >= 0.6 is 0 Å². The summed E-state index contributed by atoms with van der Waals surface area (Å²) in [6.07, 6.45) is 6.58. The molecule has 2 aromatic heterocycles. The third-order valence-corrected chi connectivity index (χ3v) is 7.98. The Balaban J connectivity index is 1.41. The van der Waals surface area contributed by atoms with Crippen LogP contribution < -0.4 is 0 Å². The monoisotopic (exact) mass is 388 g/mol. The number of ether oxygens (including phenoxy) is 1. The molecular weight excluding hydrogens is 368 g/mol. The summed E-state index contributed by atoms with van der Waals surface area (Å²) in [5, 5.41) is 0. The van der Waals surface area contributed by atoms with Crippen molar-refractivity contribution >= 4 is 15.7 Å². The van der Waals surface area contributed by atoms with Crippen molar-refractivity contribution in [3.8, 4) is 0 Å². The third kappa shape index (κ3) is 3.21. The van der Waals surface area contributed by atoms with E-state index in [0.717, 1.165) is 5.69 Å². The van der Waals surface area contributed by atoms with Gasteiger partial charge in [-0.2, -0.15) is 0 Å². The third-order valence-electron chi connectivity index (χ3n) is 5.38. The van der Waals surface area contributed by atoms with E-state index in [1.54, 1.807) is 6.20 Å². The highest BCUT2D eigenvalue weighted by Crippen LogP contribution is 2.45. The fraction of sp³-hybridized carbons (Fsp3) is 0.444. The summed E-state index contributed by atoms with van der Waals surface area (Å²) < 4.78 is 30.2. The van der Waals surface area contributed by atoms with Crippen molar-refractivity contribution in [3.05, 3.63) is 54.4 Å². The van der Waals surface area contributed by atoms with Gasteiger partial charge in [0.05, 0.1) is 30.9 Å². The van der Waals surface area contributed by atoms with Crippen LogP contribution in [0, 0.1) is 5.92 Å². The lowest BCUT2D eigenvalue weighted by Gasteiger charge is -2.49. The van der Waals surface area contributed by atoms with Gasteiger partial charge in [0.2, 0.25) is 0 Å². The number of nitrogens with zero attached hydrogens (tertiary/aromatic N) is 4. The molecule has 1 atom stereocenters. The highest BCUT2D eigenvalue weighted by Gasteiger charge is 2.62. The lowest BCUT2D eigenvalue weighted by Crippen LogP contribution is -2.68. The smallest absolute Gasteiger partial charge is 0.274 e. The van der Waals surface area contributed by atoms with Gasteiger partial charge < -0.3 is 9.64 Å². The first kappa shape index (κ1) is 18.0. The lowest BCUT2D eigenvalue weighted by molar-refractivity contribution is 0.0200. The second kappa shape index (κ2) is 6.97. The van der Waals surface area contributed by atoms with Crippen molar-refractivity contribution in [2.75, 3.05) is 25.4 Å². The Bertz CT molecular complexity index is 915. The SMILES string of the molecule is O=C(c1cnccn1)N1CC2(C1)[C@@H](COCc1ccccn1)CCS2(=O)=O. The topological polar surface area (TPSA) is 102 Å². The van der Waals surface area contributed by atoms with E-state index in [1.807, 2.05) is 18.2 Å². The molecule has 0 aliphatic carbocycles. The van der Waals surface area contributed by atoms with Crippen LogP contribution in [0.3, 0.4) is 0 Å². The van der Waals surface area contributed by atoms with Gasteiger partial charge in [-0.15, -0.1) is 0 Å². The largest absolute Gasteiger partial charge is 0.375 e. The quantitative estimate of drug-likeness (QED) is 0.743. The molecule has 2 aliphatic rings. The van der Waals surface area contributed by atoms with Gasteiger partial charge >= 0.3 is 0 Å². The second-order valence-corrected chi connectivity index (χ2v) is 9.41. The number of hydrogen-bond donors (Lipinski definition) is 0. The van der Waals surface area contributed by atoms with Crippen LogP contribution in [0.1, 0.15) is 22.6 Å². The van der Waals surface area contributed by atoms with E-state index in [9.17, 15) is 13.2 Å². The molecule has 4 rings (SSSR count). The first-order valence-electron chi connectivity index (χ1n) is 8.77. The molecular formula is C18H20N4O4S. The van der Waals surface area contributed by atoms with Gasteiger partial charge in [-0.05, 0) is 18.6 Å². The molecule has 0 radical (unpaired) electrons. The molecule has 1 amide bonds. The van der Waals surface area contributed by atoms with Crippen LogP contribution in [0.2, 0.25) is 0 Å². The van der Waals surface area contributed by atoms with E-state index in [4.69, 9.17) is 4.74 Å². The average molecular weight is 388 g/mol. The molecule has 4 heterocycles. The average Bonchev–Trinajstić information content (AvgIpc) is 2.92. The molecule has 2 aliphatic heterocycles. The Morgan fingerprint density at radius 2 is 2.07 bits per heavy atom. The number of rotatable bonds is 5. The number of sulfone groups is 1. The number of pyridine rings is 1. The minimum absolute atomic E-state index is 0.128. The summed E-state index contributed by atoms with van der Waals surface area (Å²) >= 11 is 0. The van der Waals surface area contributed by atoms with Crippen LogP contribution in [0.15, 0.2) is 43.0 Å². The van der Waals surface area contributed by atoms with E-state index in [0.29, 0.717) is 19.6 Å². The van der Waals surface area contributed by atoms with Gasteiger partial charge in [-0.25, -0.2) is 13.4 Å². The van der Waals surface area contributed by atoms with Crippen LogP contribution in [-0.2, 0) is 21.2 Å². The molecule has 2 aromatic rings. The van der Waals surface area contributed by atoms with Crippen molar-refractivity contribution in [1.82, 2.24) is 19.9 Å². The Morgan fingerprint density at radius 1 is 1.22 bits per heavy atom. The molecule has 142 valence electrons. The predicted molar refractivity (Wildman–Crippen MR) is 96.5 cm³/mol. The molecule has 8 nitrogen and oxygen atoms in total. The van der Waals surface area contributed by atoms with Gasteiger partial charge in [0, 0.05) is 37.6 Å². The highest BCUT2D eigenvalue weighted by atomic mass is 32.2. The Hall–Kier alpha value is -2.39. The van der Waals surface area contributed by atoms with E-state index >= 15 is 0 Å². The second-order valence-electron chi connectivity index (χ2n) is 6.96. The number of amides is 1. The summed E-state index contributed by atoms with van der Waals surface area (Å²) in [5.74, 6) is -0.279. The molecule has 9 heteroatoms. The molecule has 0 aromatic carbocycles.